The van der Waals surface area contributed by atoms with Crippen LogP contribution in [0.1, 0.15) is 23.7 Å². The van der Waals surface area contributed by atoms with E-state index >= 15 is 0 Å². The van der Waals surface area contributed by atoms with Crippen LogP contribution in [0.3, 0.4) is 0 Å². The van der Waals surface area contributed by atoms with E-state index in [2.05, 4.69) is 0 Å². The van der Waals surface area contributed by atoms with Crippen molar-refractivity contribution in [1.29, 1.82) is 0 Å². The standard InChI is InChI=1S/C15H19ClN2O2/c1-11(15(20)12-5-3-6-13(16)9-12)18-8-4-7-17(2)14(19)10-18/h3,5-6,9,11H,4,7-8,10H2,1-2H3. The first-order chi connectivity index (χ1) is 9.49. The van der Waals surface area contributed by atoms with Crippen LogP contribution in [0.15, 0.2) is 24.3 Å². The number of carbonyl (C=O) groups is 2. The number of likely N-dealkylation sites (N-methyl/N-ethyl adjacent to an activating group) is 1. The monoisotopic (exact) mass is 294 g/mol. The van der Waals surface area contributed by atoms with Crippen LogP contribution in [-0.4, -0.2) is 54.2 Å². The third kappa shape index (κ3) is 3.38. The first kappa shape index (κ1) is 15.0. The Morgan fingerprint density at radius 1 is 1.35 bits per heavy atom. The van der Waals surface area contributed by atoms with E-state index in [0.717, 1.165) is 19.5 Å². The van der Waals surface area contributed by atoms with Gasteiger partial charge in [0.25, 0.3) is 0 Å². The number of ketones is 1. The lowest BCUT2D eigenvalue weighted by atomic mass is 10.0. The highest BCUT2D eigenvalue weighted by molar-refractivity contribution is 6.31. The van der Waals surface area contributed by atoms with E-state index in [0.29, 0.717) is 17.1 Å². The number of hydrogen-bond donors (Lipinski definition) is 0. The molecule has 1 unspecified atom stereocenters. The number of Topliss-reactive ketones (excluding diaryl/α,β-unsaturated/α-hetero) is 1. The van der Waals surface area contributed by atoms with Crippen LogP contribution < -0.4 is 0 Å². The summed E-state index contributed by atoms with van der Waals surface area (Å²) >= 11 is 5.92. The van der Waals surface area contributed by atoms with Crippen molar-refractivity contribution in [2.75, 3.05) is 26.7 Å². The Morgan fingerprint density at radius 2 is 2.10 bits per heavy atom. The summed E-state index contributed by atoms with van der Waals surface area (Å²) in [4.78, 5) is 28.0. The van der Waals surface area contributed by atoms with Crippen LogP contribution in [0.4, 0.5) is 0 Å². The van der Waals surface area contributed by atoms with Gasteiger partial charge in [-0.3, -0.25) is 14.5 Å². The number of rotatable bonds is 3. The molecule has 108 valence electrons. The molecule has 4 nitrogen and oxygen atoms in total. The Labute approximate surface area is 124 Å². The normalized spacial score (nSPS) is 18.8. The molecule has 0 radical (unpaired) electrons. The molecule has 1 fully saturated rings. The molecule has 1 heterocycles. The van der Waals surface area contributed by atoms with Crippen LogP contribution >= 0.6 is 11.6 Å². The first-order valence-electron chi connectivity index (χ1n) is 6.77. The van der Waals surface area contributed by atoms with Gasteiger partial charge in [-0.25, -0.2) is 0 Å². The molecular weight excluding hydrogens is 276 g/mol. The molecule has 1 saturated heterocycles. The fourth-order valence-electron chi connectivity index (χ4n) is 2.39. The van der Waals surface area contributed by atoms with E-state index in [4.69, 9.17) is 11.6 Å². The summed E-state index contributed by atoms with van der Waals surface area (Å²) in [7, 11) is 1.80. The van der Waals surface area contributed by atoms with E-state index in [1.54, 1.807) is 36.2 Å². The highest BCUT2D eigenvalue weighted by Crippen LogP contribution is 2.16. The molecule has 0 N–H and O–H groups in total. The summed E-state index contributed by atoms with van der Waals surface area (Å²) in [5.41, 5.74) is 0.593. The molecule has 1 atom stereocenters. The van der Waals surface area contributed by atoms with Gasteiger partial charge in [-0.05, 0) is 25.5 Å². The second-order valence-corrected chi connectivity index (χ2v) is 5.63. The van der Waals surface area contributed by atoms with Crippen LogP contribution in [0.2, 0.25) is 5.02 Å². The number of benzene rings is 1. The van der Waals surface area contributed by atoms with E-state index in [9.17, 15) is 9.59 Å². The predicted molar refractivity (Wildman–Crippen MR) is 79.1 cm³/mol. The van der Waals surface area contributed by atoms with E-state index in [1.165, 1.54) is 0 Å². The van der Waals surface area contributed by atoms with Crippen LogP contribution in [0.25, 0.3) is 0 Å². The van der Waals surface area contributed by atoms with Gasteiger partial charge in [0.1, 0.15) is 0 Å². The summed E-state index contributed by atoms with van der Waals surface area (Å²) in [6.45, 7) is 3.64. The van der Waals surface area contributed by atoms with Crippen molar-refractivity contribution in [2.24, 2.45) is 0 Å². The van der Waals surface area contributed by atoms with Gasteiger partial charge < -0.3 is 4.90 Å². The minimum Gasteiger partial charge on any atom is -0.345 e. The van der Waals surface area contributed by atoms with Crippen molar-refractivity contribution in [2.45, 2.75) is 19.4 Å². The maximum absolute atomic E-state index is 12.5. The number of amides is 1. The molecular formula is C15H19ClN2O2. The lowest BCUT2D eigenvalue weighted by Crippen LogP contribution is -2.43. The highest BCUT2D eigenvalue weighted by Gasteiger charge is 2.27. The van der Waals surface area contributed by atoms with Gasteiger partial charge in [0, 0.05) is 30.7 Å². The van der Waals surface area contributed by atoms with Crippen LogP contribution in [-0.2, 0) is 4.79 Å². The van der Waals surface area contributed by atoms with Gasteiger partial charge >= 0.3 is 0 Å². The summed E-state index contributed by atoms with van der Waals surface area (Å²) in [6, 6.07) is 6.63. The Kier molecular flexibility index (Phi) is 4.78. The second kappa shape index (κ2) is 6.37. The van der Waals surface area contributed by atoms with Gasteiger partial charge in [0.2, 0.25) is 5.91 Å². The van der Waals surface area contributed by atoms with E-state index in [1.807, 2.05) is 11.8 Å². The number of carbonyl (C=O) groups excluding carboxylic acids is 2. The highest BCUT2D eigenvalue weighted by atomic mass is 35.5. The molecule has 1 aromatic carbocycles. The van der Waals surface area contributed by atoms with Gasteiger partial charge in [-0.15, -0.1) is 0 Å². The zero-order chi connectivity index (χ0) is 14.7. The molecule has 5 heteroatoms. The molecule has 1 aliphatic rings. The third-order valence-corrected chi connectivity index (χ3v) is 3.97. The van der Waals surface area contributed by atoms with Gasteiger partial charge in [0.15, 0.2) is 5.78 Å². The maximum atomic E-state index is 12.5. The van der Waals surface area contributed by atoms with Crippen molar-refractivity contribution in [3.63, 3.8) is 0 Å². The smallest absolute Gasteiger partial charge is 0.236 e. The van der Waals surface area contributed by atoms with Crippen LogP contribution in [0.5, 0.6) is 0 Å². The Balaban J connectivity index is 2.12. The summed E-state index contributed by atoms with van der Waals surface area (Å²) in [5, 5.41) is 0.551. The molecule has 0 spiro atoms. The average Bonchev–Trinajstić information content (AvgIpc) is 2.59. The van der Waals surface area contributed by atoms with Crippen molar-refractivity contribution < 1.29 is 9.59 Å². The number of hydrogen-bond acceptors (Lipinski definition) is 3. The van der Waals surface area contributed by atoms with Crippen molar-refractivity contribution >= 4 is 23.3 Å². The van der Waals surface area contributed by atoms with Crippen molar-refractivity contribution in [3.05, 3.63) is 34.9 Å². The Bertz CT molecular complexity index is 518. The van der Waals surface area contributed by atoms with Gasteiger partial charge in [-0.2, -0.15) is 0 Å². The quantitative estimate of drug-likeness (QED) is 0.802. The predicted octanol–water partition coefficient (Wildman–Crippen LogP) is 2.08. The largest absolute Gasteiger partial charge is 0.345 e. The number of halogens is 1. The molecule has 1 aromatic rings. The molecule has 1 amide bonds. The fourth-order valence-corrected chi connectivity index (χ4v) is 2.58. The van der Waals surface area contributed by atoms with Crippen LogP contribution in [0, 0.1) is 0 Å². The van der Waals surface area contributed by atoms with Crippen molar-refractivity contribution in [1.82, 2.24) is 9.80 Å². The Hall–Kier alpha value is -1.39. The molecule has 1 aliphatic heterocycles. The molecule has 0 aromatic heterocycles. The average molecular weight is 295 g/mol. The minimum absolute atomic E-state index is 0.00449. The summed E-state index contributed by atoms with van der Waals surface area (Å²) < 4.78 is 0. The molecule has 2 rings (SSSR count). The lowest BCUT2D eigenvalue weighted by molar-refractivity contribution is -0.130. The minimum atomic E-state index is -0.316. The second-order valence-electron chi connectivity index (χ2n) is 5.19. The summed E-state index contributed by atoms with van der Waals surface area (Å²) in [5.74, 6) is 0.0677. The van der Waals surface area contributed by atoms with Gasteiger partial charge in [0.05, 0.1) is 12.6 Å². The fraction of sp³-hybridized carbons (Fsp3) is 0.467. The molecule has 20 heavy (non-hydrogen) atoms. The van der Waals surface area contributed by atoms with Crippen molar-refractivity contribution in [3.8, 4) is 0 Å². The molecule has 0 aliphatic carbocycles. The number of nitrogens with zero attached hydrogens (tertiary/aromatic N) is 2. The maximum Gasteiger partial charge on any atom is 0.236 e. The third-order valence-electron chi connectivity index (χ3n) is 3.74. The SMILES string of the molecule is CC(C(=O)c1cccc(Cl)c1)N1CCCN(C)C(=O)C1. The first-order valence-corrected chi connectivity index (χ1v) is 7.14. The summed E-state index contributed by atoms with van der Waals surface area (Å²) in [6.07, 6.45) is 0.884. The Morgan fingerprint density at radius 3 is 2.80 bits per heavy atom. The van der Waals surface area contributed by atoms with Gasteiger partial charge in [-0.1, -0.05) is 23.7 Å². The zero-order valence-corrected chi connectivity index (χ0v) is 12.6. The molecule has 0 saturated carbocycles. The zero-order valence-electron chi connectivity index (χ0n) is 11.8. The van der Waals surface area contributed by atoms with E-state index in [-0.39, 0.29) is 17.7 Å². The molecule has 0 bridgehead atoms. The topological polar surface area (TPSA) is 40.6 Å². The van der Waals surface area contributed by atoms with E-state index < -0.39 is 0 Å². The lowest BCUT2D eigenvalue weighted by Gasteiger charge is -2.25.